The van der Waals surface area contributed by atoms with Crippen LogP contribution < -0.4 is 5.73 Å². The van der Waals surface area contributed by atoms with Crippen LogP contribution in [0, 0.1) is 17.5 Å². The lowest BCUT2D eigenvalue weighted by molar-refractivity contribution is 0.0685. The average Bonchev–Trinajstić information content (AvgIpc) is 2.21. The first kappa shape index (κ1) is 12.3. The Labute approximate surface area is 89.0 Å². The molecule has 0 atom stereocenters. The van der Waals surface area contributed by atoms with E-state index in [2.05, 4.69) is 0 Å². The predicted octanol–water partition coefficient (Wildman–Crippen LogP) is 1.77. The van der Waals surface area contributed by atoms with Gasteiger partial charge in [0.25, 0.3) is 0 Å². The van der Waals surface area contributed by atoms with Crippen LogP contribution in [0.5, 0.6) is 0 Å². The Balaban J connectivity index is 3.39. The summed E-state index contributed by atoms with van der Waals surface area (Å²) in [5.74, 6) is -6.32. The molecule has 1 aromatic carbocycles. The molecule has 0 heterocycles. The third kappa shape index (κ3) is 2.22. The lowest BCUT2D eigenvalue weighted by atomic mass is 10.1. The molecule has 86 valence electrons. The summed E-state index contributed by atoms with van der Waals surface area (Å²) in [6.07, 6.45) is 2.37. The van der Waals surface area contributed by atoms with E-state index in [0.717, 1.165) is 6.08 Å². The fraction of sp³-hybridized carbons (Fsp3) is 0.100. The molecule has 0 aliphatic rings. The second-order valence-corrected chi connectivity index (χ2v) is 2.89. The van der Waals surface area contributed by atoms with Crippen molar-refractivity contribution >= 4 is 12.0 Å². The molecule has 0 fully saturated rings. The molecule has 0 amide bonds. The first-order chi connectivity index (χ1) is 7.49. The van der Waals surface area contributed by atoms with E-state index in [1.807, 2.05) is 0 Å². The van der Waals surface area contributed by atoms with Crippen LogP contribution >= 0.6 is 0 Å². The highest BCUT2D eigenvalue weighted by atomic mass is 19.2. The van der Waals surface area contributed by atoms with Crippen molar-refractivity contribution in [2.75, 3.05) is 6.54 Å². The quantitative estimate of drug-likeness (QED) is 0.779. The average molecular weight is 231 g/mol. The van der Waals surface area contributed by atoms with E-state index in [1.54, 1.807) is 0 Å². The molecule has 0 bridgehead atoms. The lowest BCUT2D eigenvalue weighted by Gasteiger charge is -2.04. The molecule has 6 heteroatoms. The SMILES string of the molecule is NC/C=C/c1cc(F)c(C(=O)O)c(F)c1F. The lowest BCUT2D eigenvalue weighted by Crippen LogP contribution is -2.08. The van der Waals surface area contributed by atoms with Crippen molar-refractivity contribution in [2.45, 2.75) is 0 Å². The number of carbonyl (C=O) groups is 1. The van der Waals surface area contributed by atoms with Gasteiger partial charge in [0.05, 0.1) is 0 Å². The fourth-order valence-corrected chi connectivity index (χ4v) is 1.13. The van der Waals surface area contributed by atoms with Gasteiger partial charge in [-0.3, -0.25) is 0 Å². The van der Waals surface area contributed by atoms with Crippen LogP contribution in [0.3, 0.4) is 0 Å². The van der Waals surface area contributed by atoms with E-state index in [1.165, 1.54) is 6.08 Å². The van der Waals surface area contributed by atoms with Crippen molar-refractivity contribution in [2.24, 2.45) is 5.73 Å². The minimum absolute atomic E-state index is 0.0728. The van der Waals surface area contributed by atoms with Gasteiger partial charge in [-0.2, -0.15) is 0 Å². The van der Waals surface area contributed by atoms with E-state index in [0.29, 0.717) is 6.07 Å². The summed E-state index contributed by atoms with van der Waals surface area (Å²) in [7, 11) is 0. The third-order valence-electron chi connectivity index (χ3n) is 1.83. The molecule has 0 aliphatic heterocycles. The number of aromatic carboxylic acids is 1. The molecule has 1 rings (SSSR count). The molecule has 0 saturated heterocycles. The van der Waals surface area contributed by atoms with Crippen LogP contribution in [0.2, 0.25) is 0 Å². The van der Waals surface area contributed by atoms with E-state index < -0.39 is 29.0 Å². The van der Waals surface area contributed by atoms with Gasteiger partial charge in [0.2, 0.25) is 0 Å². The number of nitrogens with two attached hydrogens (primary N) is 1. The van der Waals surface area contributed by atoms with Gasteiger partial charge in [0.1, 0.15) is 11.4 Å². The largest absolute Gasteiger partial charge is 0.477 e. The van der Waals surface area contributed by atoms with Crippen LogP contribution in [-0.4, -0.2) is 17.6 Å². The predicted molar refractivity (Wildman–Crippen MR) is 51.4 cm³/mol. The zero-order valence-corrected chi connectivity index (χ0v) is 8.01. The van der Waals surface area contributed by atoms with Crippen LogP contribution in [0.15, 0.2) is 12.1 Å². The van der Waals surface area contributed by atoms with Gasteiger partial charge in [0.15, 0.2) is 11.6 Å². The summed E-state index contributed by atoms with van der Waals surface area (Å²) < 4.78 is 39.5. The number of carboxylic acids is 1. The Bertz CT molecular complexity index is 458. The van der Waals surface area contributed by atoms with Crippen LogP contribution in [0.4, 0.5) is 13.2 Å². The summed E-state index contributed by atoms with van der Waals surface area (Å²) in [6, 6.07) is 0.605. The Morgan fingerprint density at radius 2 is 2.00 bits per heavy atom. The molecule has 0 radical (unpaired) electrons. The number of hydrogen-bond acceptors (Lipinski definition) is 2. The van der Waals surface area contributed by atoms with Gasteiger partial charge in [0, 0.05) is 12.1 Å². The Morgan fingerprint density at radius 3 is 2.50 bits per heavy atom. The van der Waals surface area contributed by atoms with Gasteiger partial charge in [-0.1, -0.05) is 12.2 Å². The van der Waals surface area contributed by atoms with E-state index in [9.17, 15) is 18.0 Å². The summed E-state index contributed by atoms with van der Waals surface area (Å²) in [5, 5.41) is 8.45. The summed E-state index contributed by atoms with van der Waals surface area (Å²) in [4.78, 5) is 10.4. The maximum atomic E-state index is 13.2. The molecule has 3 nitrogen and oxygen atoms in total. The first-order valence-corrected chi connectivity index (χ1v) is 4.26. The van der Waals surface area contributed by atoms with E-state index in [4.69, 9.17) is 10.8 Å². The number of hydrogen-bond donors (Lipinski definition) is 2. The molecule has 0 saturated carbocycles. The third-order valence-corrected chi connectivity index (χ3v) is 1.83. The second-order valence-electron chi connectivity index (χ2n) is 2.89. The summed E-state index contributed by atoms with van der Waals surface area (Å²) in [6.45, 7) is 0.0728. The molecule has 0 aliphatic carbocycles. The molecular formula is C10H8F3NO2. The summed E-state index contributed by atoms with van der Waals surface area (Å²) >= 11 is 0. The molecule has 1 aromatic rings. The van der Waals surface area contributed by atoms with E-state index >= 15 is 0 Å². The first-order valence-electron chi connectivity index (χ1n) is 4.26. The molecule has 16 heavy (non-hydrogen) atoms. The maximum Gasteiger partial charge on any atom is 0.341 e. The molecule has 0 unspecified atom stereocenters. The van der Waals surface area contributed by atoms with Crippen molar-refractivity contribution in [1.82, 2.24) is 0 Å². The van der Waals surface area contributed by atoms with Crippen LogP contribution in [-0.2, 0) is 0 Å². The highest BCUT2D eigenvalue weighted by Crippen LogP contribution is 2.21. The normalized spacial score (nSPS) is 11.0. The zero-order valence-electron chi connectivity index (χ0n) is 8.01. The Kier molecular flexibility index (Phi) is 3.68. The zero-order chi connectivity index (χ0) is 12.3. The van der Waals surface area contributed by atoms with Crippen LogP contribution in [0.25, 0.3) is 6.08 Å². The van der Waals surface area contributed by atoms with Gasteiger partial charge >= 0.3 is 5.97 Å². The van der Waals surface area contributed by atoms with Crippen molar-refractivity contribution in [3.8, 4) is 0 Å². The number of halogens is 3. The minimum atomic E-state index is -1.86. The fourth-order valence-electron chi connectivity index (χ4n) is 1.13. The number of carboxylic acid groups (broad SMARTS) is 1. The highest BCUT2D eigenvalue weighted by molar-refractivity contribution is 5.88. The smallest absolute Gasteiger partial charge is 0.341 e. The number of rotatable bonds is 3. The van der Waals surface area contributed by atoms with E-state index in [-0.39, 0.29) is 12.1 Å². The van der Waals surface area contributed by atoms with Crippen molar-refractivity contribution in [3.05, 3.63) is 40.7 Å². The Morgan fingerprint density at radius 1 is 1.38 bits per heavy atom. The van der Waals surface area contributed by atoms with Crippen LogP contribution in [0.1, 0.15) is 15.9 Å². The molecule has 0 aromatic heterocycles. The molecular weight excluding hydrogens is 223 g/mol. The summed E-state index contributed by atoms with van der Waals surface area (Å²) in [5.41, 5.74) is 3.40. The van der Waals surface area contributed by atoms with Crippen molar-refractivity contribution in [1.29, 1.82) is 0 Å². The van der Waals surface area contributed by atoms with Gasteiger partial charge < -0.3 is 10.8 Å². The number of benzene rings is 1. The van der Waals surface area contributed by atoms with Gasteiger partial charge in [-0.25, -0.2) is 18.0 Å². The Hall–Kier alpha value is -1.82. The van der Waals surface area contributed by atoms with Crippen molar-refractivity contribution in [3.63, 3.8) is 0 Å². The monoisotopic (exact) mass is 231 g/mol. The molecule has 3 N–H and O–H groups in total. The minimum Gasteiger partial charge on any atom is -0.477 e. The second kappa shape index (κ2) is 4.80. The maximum absolute atomic E-state index is 13.2. The topological polar surface area (TPSA) is 63.3 Å². The molecule has 0 spiro atoms. The highest BCUT2D eigenvalue weighted by Gasteiger charge is 2.22. The van der Waals surface area contributed by atoms with Crippen molar-refractivity contribution < 1.29 is 23.1 Å². The standard InChI is InChI=1S/C10H8F3NO2/c11-6-4-5(2-1-3-14)8(12)9(13)7(6)10(15)16/h1-2,4H,3,14H2,(H,15,16)/b2-1+. The van der Waals surface area contributed by atoms with Gasteiger partial charge in [-0.05, 0) is 6.07 Å². The van der Waals surface area contributed by atoms with Gasteiger partial charge in [-0.15, -0.1) is 0 Å².